The number of rotatable bonds is 2. The maximum atomic E-state index is 11.7. The van der Waals surface area contributed by atoms with Gasteiger partial charge in [0.15, 0.2) is 5.82 Å². The minimum Gasteiger partial charge on any atom is -0.396 e. The van der Waals surface area contributed by atoms with Gasteiger partial charge in [0.1, 0.15) is 0 Å². The number of hydrogen-bond acceptors (Lipinski definition) is 4. The molecule has 0 saturated heterocycles. The molecule has 17 heavy (non-hydrogen) atoms. The number of nitrogens with zero attached hydrogens (tertiary/aromatic N) is 1. The molecule has 0 saturated carbocycles. The molecule has 0 aromatic carbocycles. The Hall–Kier alpha value is -2.63. The van der Waals surface area contributed by atoms with E-state index in [1.54, 1.807) is 12.1 Å². The molecule has 0 bridgehead atoms. The summed E-state index contributed by atoms with van der Waals surface area (Å²) in [4.78, 5) is 28.9. The summed E-state index contributed by atoms with van der Waals surface area (Å²) in [6.07, 6.45) is 2.86. The SMILES string of the molecule is Nc1cccnc1NC(=O)c1ccc(=O)[nH]c1. The Morgan fingerprint density at radius 2 is 2.18 bits per heavy atom. The van der Waals surface area contributed by atoms with E-state index < -0.39 is 0 Å². The van der Waals surface area contributed by atoms with Crippen LogP contribution in [-0.2, 0) is 0 Å². The van der Waals surface area contributed by atoms with E-state index in [1.807, 2.05) is 0 Å². The first-order valence-corrected chi connectivity index (χ1v) is 4.87. The van der Waals surface area contributed by atoms with Gasteiger partial charge in [0.05, 0.1) is 11.3 Å². The predicted molar refractivity (Wildman–Crippen MR) is 63.7 cm³/mol. The highest BCUT2D eigenvalue weighted by Gasteiger charge is 2.08. The van der Waals surface area contributed by atoms with Crippen LogP contribution >= 0.6 is 0 Å². The Labute approximate surface area is 96.5 Å². The maximum Gasteiger partial charge on any atom is 0.258 e. The molecule has 6 heteroatoms. The monoisotopic (exact) mass is 230 g/mol. The fourth-order valence-corrected chi connectivity index (χ4v) is 1.25. The molecule has 1 amide bonds. The van der Waals surface area contributed by atoms with Crippen LogP contribution in [0, 0.1) is 0 Å². The molecule has 0 atom stereocenters. The van der Waals surface area contributed by atoms with Crippen LogP contribution in [0.15, 0.2) is 41.5 Å². The van der Waals surface area contributed by atoms with E-state index in [0.29, 0.717) is 17.1 Å². The molecule has 0 aliphatic heterocycles. The lowest BCUT2D eigenvalue weighted by atomic mass is 10.2. The first kappa shape index (κ1) is 10.9. The number of anilines is 2. The van der Waals surface area contributed by atoms with E-state index >= 15 is 0 Å². The van der Waals surface area contributed by atoms with Gasteiger partial charge >= 0.3 is 0 Å². The summed E-state index contributed by atoms with van der Waals surface area (Å²) in [5.74, 6) is -0.0876. The maximum absolute atomic E-state index is 11.7. The molecule has 2 aromatic heterocycles. The normalized spacial score (nSPS) is 9.88. The molecule has 2 rings (SSSR count). The van der Waals surface area contributed by atoms with E-state index in [4.69, 9.17) is 5.73 Å². The second-order valence-corrected chi connectivity index (χ2v) is 3.34. The average Bonchev–Trinajstić information content (AvgIpc) is 2.33. The van der Waals surface area contributed by atoms with Gasteiger partial charge in [-0.1, -0.05) is 0 Å². The number of nitrogens with one attached hydrogen (secondary N) is 2. The van der Waals surface area contributed by atoms with Crippen LogP contribution in [0.1, 0.15) is 10.4 Å². The van der Waals surface area contributed by atoms with E-state index in [2.05, 4.69) is 15.3 Å². The molecule has 0 aliphatic rings. The highest BCUT2D eigenvalue weighted by Crippen LogP contribution is 2.13. The summed E-state index contributed by atoms with van der Waals surface area (Å²) in [5, 5.41) is 2.55. The van der Waals surface area contributed by atoms with Crippen molar-refractivity contribution in [3.63, 3.8) is 0 Å². The van der Waals surface area contributed by atoms with Gasteiger partial charge in [0.25, 0.3) is 5.91 Å². The summed E-state index contributed by atoms with van der Waals surface area (Å²) in [5.41, 5.74) is 6.08. The van der Waals surface area contributed by atoms with Crippen LogP contribution in [0.2, 0.25) is 0 Å². The van der Waals surface area contributed by atoms with Crippen molar-refractivity contribution in [2.75, 3.05) is 11.1 Å². The lowest BCUT2D eigenvalue weighted by Gasteiger charge is -2.05. The van der Waals surface area contributed by atoms with Crippen molar-refractivity contribution in [1.82, 2.24) is 9.97 Å². The number of pyridine rings is 2. The lowest BCUT2D eigenvalue weighted by Crippen LogP contribution is -2.16. The van der Waals surface area contributed by atoms with Crippen molar-refractivity contribution in [2.45, 2.75) is 0 Å². The van der Waals surface area contributed by atoms with Gasteiger partial charge < -0.3 is 16.0 Å². The van der Waals surface area contributed by atoms with Crippen LogP contribution < -0.4 is 16.6 Å². The average molecular weight is 230 g/mol. The van der Waals surface area contributed by atoms with Crippen LogP contribution in [0.5, 0.6) is 0 Å². The zero-order chi connectivity index (χ0) is 12.3. The van der Waals surface area contributed by atoms with Crippen LogP contribution in [0.25, 0.3) is 0 Å². The quantitative estimate of drug-likeness (QED) is 0.703. The van der Waals surface area contributed by atoms with Crippen LogP contribution in [-0.4, -0.2) is 15.9 Å². The Morgan fingerprint density at radius 3 is 2.82 bits per heavy atom. The zero-order valence-electron chi connectivity index (χ0n) is 8.81. The third-order valence-corrected chi connectivity index (χ3v) is 2.12. The van der Waals surface area contributed by atoms with E-state index in [-0.39, 0.29) is 11.5 Å². The van der Waals surface area contributed by atoms with E-state index in [9.17, 15) is 9.59 Å². The predicted octanol–water partition coefficient (Wildman–Crippen LogP) is 0.604. The summed E-state index contributed by atoms with van der Waals surface area (Å²) < 4.78 is 0. The summed E-state index contributed by atoms with van der Waals surface area (Å²) in [6, 6.07) is 6.00. The summed E-state index contributed by atoms with van der Waals surface area (Å²) in [7, 11) is 0. The molecule has 0 unspecified atom stereocenters. The van der Waals surface area contributed by atoms with Crippen molar-refractivity contribution in [3.8, 4) is 0 Å². The van der Waals surface area contributed by atoms with Gasteiger partial charge in [0, 0.05) is 18.5 Å². The van der Waals surface area contributed by atoms with Crippen molar-refractivity contribution >= 4 is 17.4 Å². The first-order valence-electron chi connectivity index (χ1n) is 4.87. The molecular weight excluding hydrogens is 220 g/mol. The minimum absolute atomic E-state index is 0.265. The summed E-state index contributed by atoms with van der Waals surface area (Å²) >= 11 is 0. The molecule has 86 valence electrons. The van der Waals surface area contributed by atoms with Gasteiger partial charge in [-0.25, -0.2) is 4.98 Å². The van der Waals surface area contributed by atoms with Gasteiger partial charge in [-0.15, -0.1) is 0 Å². The van der Waals surface area contributed by atoms with Crippen molar-refractivity contribution in [3.05, 3.63) is 52.6 Å². The topological polar surface area (TPSA) is 101 Å². The van der Waals surface area contributed by atoms with Gasteiger partial charge in [-0.2, -0.15) is 0 Å². The number of nitrogen functional groups attached to an aromatic ring is 1. The smallest absolute Gasteiger partial charge is 0.258 e. The van der Waals surface area contributed by atoms with Crippen molar-refractivity contribution in [1.29, 1.82) is 0 Å². The lowest BCUT2D eigenvalue weighted by molar-refractivity contribution is 0.102. The number of aromatic nitrogens is 2. The van der Waals surface area contributed by atoms with Gasteiger partial charge in [-0.05, 0) is 18.2 Å². The zero-order valence-corrected chi connectivity index (χ0v) is 8.81. The molecule has 2 heterocycles. The first-order chi connectivity index (χ1) is 8.16. The van der Waals surface area contributed by atoms with Crippen molar-refractivity contribution in [2.24, 2.45) is 0 Å². The second kappa shape index (κ2) is 4.48. The Morgan fingerprint density at radius 1 is 1.35 bits per heavy atom. The molecule has 0 fully saturated rings. The molecule has 0 spiro atoms. The standard InChI is InChI=1S/C11H10N4O2/c12-8-2-1-5-13-10(8)15-11(17)7-3-4-9(16)14-6-7/h1-6H,12H2,(H,14,16)(H,13,15,17). The molecule has 2 aromatic rings. The minimum atomic E-state index is -0.383. The van der Waals surface area contributed by atoms with Crippen LogP contribution in [0.3, 0.4) is 0 Å². The Balaban J connectivity index is 2.20. The molecule has 6 nitrogen and oxygen atoms in total. The highest BCUT2D eigenvalue weighted by molar-refractivity contribution is 6.04. The fraction of sp³-hybridized carbons (Fsp3) is 0. The molecule has 4 N–H and O–H groups in total. The van der Waals surface area contributed by atoms with E-state index in [1.165, 1.54) is 24.5 Å². The highest BCUT2D eigenvalue weighted by atomic mass is 16.2. The second-order valence-electron chi connectivity index (χ2n) is 3.34. The Kier molecular flexibility index (Phi) is 2.87. The number of carbonyl (C=O) groups is 1. The number of H-pyrrole nitrogens is 1. The fourth-order valence-electron chi connectivity index (χ4n) is 1.25. The van der Waals surface area contributed by atoms with Gasteiger partial charge in [0.2, 0.25) is 5.56 Å². The van der Waals surface area contributed by atoms with Gasteiger partial charge in [-0.3, -0.25) is 9.59 Å². The third kappa shape index (κ3) is 2.49. The van der Waals surface area contributed by atoms with Crippen LogP contribution in [0.4, 0.5) is 11.5 Å². The number of aromatic amines is 1. The molecule has 0 aliphatic carbocycles. The number of hydrogen-bond donors (Lipinski definition) is 3. The molecule has 0 radical (unpaired) electrons. The molecular formula is C11H10N4O2. The number of amides is 1. The third-order valence-electron chi connectivity index (χ3n) is 2.12. The number of nitrogens with two attached hydrogens (primary N) is 1. The summed E-state index contributed by atoms with van der Waals surface area (Å²) in [6.45, 7) is 0. The van der Waals surface area contributed by atoms with Crippen molar-refractivity contribution < 1.29 is 4.79 Å². The number of carbonyl (C=O) groups excluding carboxylic acids is 1. The largest absolute Gasteiger partial charge is 0.396 e. The van der Waals surface area contributed by atoms with E-state index in [0.717, 1.165) is 0 Å². The Bertz CT molecular complexity index is 586.